The molecule has 0 radical (unpaired) electrons. The van der Waals surface area contributed by atoms with Gasteiger partial charge in [-0.2, -0.15) is 0 Å². The predicted molar refractivity (Wildman–Crippen MR) is 85.4 cm³/mol. The summed E-state index contributed by atoms with van der Waals surface area (Å²) in [5, 5.41) is 12.5. The first-order valence-corrected chi connectivity index (χ1v) is 8.24. The second-order valence-corrected chi connectivity index (χ2v) is 6.44. The fraction of sp³-hybridized carbons (Fsp3) is 0.500. The van der Waals surface area contributed by atoms with Gasteiger partial charge in [0.25, 0.3) is 0 Å². The first kappa shape index (κ1) is 15.7. The highest BCUT2D eigenvalue weighted by atomic mass is 16.4. The fourth-order valence-electron chi connectivity index (χ4n) is 3.95. The number of carboxylic acid groups (broad SMARTS) is 1. The van der Waals surface area contributed by atoms with E-state index in [2.05, 4.69) is 17.2 Å². The van der Waals surface area contributed by atoms with Crippen LogP contribution in [-0.4, -0.2) is 22.0 Å². The Bertz CT molecular complexity index is 614. The molecule has 2 bridgehead atoms. The Kier molecular flexibility index (Phi) is 4.46. The summed E-state index contributed by atoms with van der Waals surface area (Å²) >= 11 is 0. The number of carbonyl (C=O) groups excluding carboxylic acids is 1. The van der Waals surface area contributed by atoms with Crippen LogP contribution >= 0.6 is 0 Å². The van der Waals surface area contributed by atoms with Gasteiger partial charge in [-0.15, -0.1) is 0 Å². The van der Waals surface area contributed by atoms with Crippen molar-refractivity contribution in [2.45, 2.75) is 32.2 Å². The predicted octanol–water partition coefficient (Wildman–Crippen LogP) is 2.56. The molecule has 0 aromatic carbocycles. The van der Waals surface area contributed by atoms with Gasteiger partial charge < -0.3 is 10.4 Å². The normalized spacial score (nSPS) is 29.4. The van der Waals surface area contributed by atoms with E-state index in [-0.39, 0.29) is 23.8 Å². The van der Waals surface area contributed by atoms with Crippen LogP contribution in [-0.2, 0) is 9.59 Å². The second kappa shape index (κ2) is 6.52. The number of rotatable bonds is 6. The topological polar surface area (TPSA) is 79.3 Å². The lowest BCUT2D eigenvalue weighted by Crippen LogP contribution is -2.41. The van der Waals surface area contributed by atoms with Crippen molar-refractivity contribution in [1.29, 1.82) is 0 Å². The van der Waals surface area contributed by atoms with Gasteiger partial charge in [-0.25, -0.2) is 0 Å². The summed E-state index contributed by atoms with van der Waals surface area (Å²) in [7, 11) is 0. The summed E-state index contributed by atoms with van der Waals surface area (Å²) in [6.45, 7) is 2.06. The Hall–Kier alpha value is -2.17. The summed E-state index contributed by atoms with van der Waals surface area (Å²) in [5.74, 6) is -2.05. The molecule has 5 atom stereocenters. The molecule has 1 fully saturated rings. The summed E-state index contributed by atoms with van der Waals surface area (Å²) in [6, 6.07) is 5.48. The van der Waals surface area contributed by atoms with Crippen LogP contribution in [0.3, 0.4) is 0 Å². The highest BCUT2D eigenvalue weighted by Crippen LogP contribution is 2.48. The van der Waals surface area contributed by atoms with Gasteiger partial charge >= 0.3 is 5.97 Å². The molecule has 122 valence electrons. The molecule has 5 nitrogen and oxygen atoms in total. The zero-order valence-electron chi connectivity index (χ0n) is 13.2. The van der Waals surface area contributed by atoms with E-state index >= 15 is 0 Å². The molecule has 0 unspecified atom stereocenters. The van der Waals surface area contributed by atoms with E-state index in [9.17, 15) is 14.7 Å². The van der Waals surface area contributed by atoms with E-state index in [0.29, 0.717) is 0 Å². The smallest absolute Gasteiger partial charge is 0.307 e. The van der Waals surface area contributed by atoms with Gasteiger partial charge in [0.1, 0.15) is 0 Å². The average Bonchev–Trinajstić information content (AvgIpc) is 3.16. The lowest BCUT2D eigenvalue weighted by atomic mass is 9.82. The van der Waals surface area contributed by atoms with E-state index in [4.69, 9.17) is 0 Å². The van der Waals surface area contributed by atoms with Gasteiger partial charge in [-0.3, -0.25) is 14.6 Å². The van der Waals surface area contributed by atoms with Gasteiger partial charge in [0.05, 0.1) is 23.6 Å². The van der Waals surface area contributed by atoms with Crippen LogP contribution in [0.1, 0.15) is 37.9 Å². The number of carboxylic acids is 1. The number of aliphatic carboxylic acids is 1. The van der Waals surface area contributed by atoms with Crippen molar-refractivity contribution >= 4 is 11.9 Å². The SMILES string of the molecule is CCC[C@H](NC(=O)[C@H]1[C@H](C(=O)O)[C@H]2C=C[C@H]1C2)c1ccccn1. The summed E-state index contributed by atoms with van der Waals surface area (Å²) in [4.78, 5) is 28.7. The zero-order chi connectivity index (χ0) is 16.4. The van der Waals surface area contributed by atoms with E-state index in [1.807, 2.05) is 30.4 Å². The molecule has 0 spiro atoms. The monoisotopic (exact) mass is 314 g/mol. The number of nitrogens with zero attached hydrogens (tertiary/aromatic N) is 1. The first-order valence-electron chi connectivity index (χ1n) is 8.24. The Labute approximate surface area is 135 Å². The van der Waals surface area contributed by atoms with Crippen molar-refractivity contribution < 1.29 is 14.7 Å². The van der Waals surface area contributed by atoms with Gasteiger partial charge in [0.15, 0.2) is 0 Å². The molecule has 1 saturated carbocycles. The summed E-state index contributed by atoms with van der Waals surface area (Å²) < 4.78 is 0. The van der Waals surface area contributed by atoms with Crippen molar-refractivity contribution in [3.8, 4) is 0 Å². The lowest BCUT2D eigenvalue weighted by Gasteiger charge is -2.26. The number of nitrogens with one attached hydrogen (secondary N) is 1. The zero-order valence-corrected chi connectivity index (χ0v) is 13.2. The van der Waals surface area contributed by atoms with Crippen molar-refractivity contribution in [2.24, 2.45) is 23.7 Å². The number of aromatic nitrogens is 1. The van der Waals surface area contributed by atoms with Crippen molar-refractivity contribution in [2.75, 3.05) is 0 Å². The lowest BCUT2D eigenvalue weighted by molar-refractivity contribution is -0.148. The molecule has 0 saturated heterocycles. The van der Waals surface area contributed by atoms with Gasteiger partial charge in [-0.05, 0) is 36.8 Å². The van der Waals surface area contributed by atoms with Crippen molar-refractivity contribution in [3.05, 3.63) is 42.2 Å². The highest BCUT2D eigenvalue weighted by molar-refractivity contribution is 5.87. The Morgan fingerprint density at radius 3 is 2.65 bits per heavy atom. The van der Waals surface area contributed by atoms with E-state index in [1.165, 1.54) is 0 Å². The van der Waals surface area contributed by atoms with Gasteiger partial charge in [0.2, 0.25) is 5.91 Å². The van der Waals surface area contributed by atoms with E-state index in [1.54, 1.807) is 6.20 Å². The number of allylic oxidation sites excluding steroid dienone is 2. The molecule has 3 rings (SSSR count). The maximum absolute atomic E-state index is 12.8. The minimum atomic E-state index is -0.869. The number of fused-ring (bicyclic) bond motifs is 2. The van der Waals surface area contributed by atoms with Gasteiger partial charge in [0, 0.05) is 6.20 Å². The molecule has 1 aromatic heterocycles. The van der Waals surface area contributed by atoms with Crippen LogP contribution in [0.15, 0.2) is 36.5 Å². The fourth-order valence-corrected chi connectivity index (χ4v) is 3.95. The third kappa shape index (κ3) is 3.00. The third-order valence-corrected chi connectivity index (χ3v) is 4.99. The minimum absolute atomic E-state index is 0.00674. The maximum Gasteiger partial charge on any atom is 0.307 e. The van der Waals surface area contributed by atoms with Crippen LogP contribution < -0.4 is 5.32 Å². The second-order valence-electron chi connectivity index (χ2n) is 6.44. The Balaban J connectivity index is 1.77. The standard InChI is InChI=1S/C18H22N2O3/c1-2-5-14(13-6-3-4-9-19-13)20-17(21)15-11-7-8-12(10-11)16(15)18(22)23/h3-4,6-9,11-12,14-16H,2,5,10H2,1H3,(H,20,21)(H,22,23)/t11-,12-,14-,15+,16+/m0/s1. The summed E-state index contributed by atoms with van der Waals surface area (Å²) in [5.41, 5.74) is 0.827. The van der Waals surface area contributed by atoms with Crippen molar-refractivity contribution in [3.63, 3.8) is 0 Å². The number of amides is 1. The molecular weight excluding hydrogens is 292 g/mol. The molecule has 2 N–H and O–H groups in total. The molecule has 1 heterocycles. The van der Waals surface area contributed by atoms with Crippen molar-refractivity contribution in [1.82, 2.24) is 10.3 Å². The van der Waals surface area contributed by atoms with Crippen LogP contribution in [0, 0.1) is 23.7 Å². The average molecular weight is 314 g/mol. The minimum Gasteiger partial charge on any atom is -0.481 e. The van der Waals surface area contributed by atoms with Crippen LogP contribution in [0.5, 0.6) is 0 Å². The molecule has 2 aliphatic carbocycles. The number of carbonyl (C=O) groups is 2. The van der Waals surface area contributed by atoms with Crippen LogP contribution in [0.25, 0.3) is 0 Å². The molecule has 1 aromatic rings. The molecule has 23 heavy (non-hydrogen) atoms. The maximum atomic E-state index is 12.8. The highest BCUT2D eigenvalue weighted by Gasteiger charge is 2.51. The van der Waals surface area contributed by atoms with Gasteiger partial charge in [-0.1, -0.05) is 31.6 Å². The molecule has 0 aliphatic heterocycles. The van der Waals surface area contributed by atoms with Crippen LogP contribution in [0.2, 0.25) is 0 Å². The largest absolute Gasteiger partial charge is 0.481 e. The molecule has 5 heteroatoms. The number of hydrogen-bond donors (Lipinski definition) is 2. The third-order valence-electron chi connectivity index (χ3n) is 4.99. The van der Waals surface area contributed by atoms with Crippen LogP contribution in [0.4, 0.5) is 0 Å². The molecular formula is C18H22N2O3. The number of pyridine rings is 1. The number of hydrogen-bond acceptors (Lipinski definition) is 3. The molecule has 1 amide bonds. The Morgan fingerprint density at radius 1 is 1.30 bits per heavy atom. The van der Waals surface area contributed by atoms with E-state index < -0.39 is 17.8 Å². The van der Waals surface area contributed by atoms with E-state index in [0.717, 1.165) is 25.0 Å². The first-order chi connectivity index (χ1) is 11.1. The summed E-state index contributed by atoms with van der Waals surface area (Å²) in [6.07, 6.45) is 8.15. The molecule has 2 aliphatic rings. The quantitative estimate of drug-likeness (QED) is 0.791. The Morgan fingerprint density at radius 2 is 2.04 bits per heavy atom.